The monoisotopic (exact) mass is 332 g/mol. The smallest absolute Gasteiger partial charge is 0.351 e. The molecule has 1 aliphatic rings. The van der Waals surface area contributed by atoms with Crippen LogP contribution in [0.25, 0.3) is 0 Å². The molecule has 0 saturated carbocycles. The maximum atomic E-state index is 12.2. The van der Waals surface area contributed by atoms with Crippen molar-refractivity contribution in [1.82, 2.24) is 9.55 Å². The highest BCUT2D eigenvalue weighted by molar-refractivity contribution is 6.03. The van der Waals surface area contributed by atoms with Crippen molar-refractivity contribution >= 4 is 11.7 Å². The number of hydrogen-bond donors (Lipinski definition) is 3. The molecule has 0 radical (unpaired) electrons. The fraction of sp³-hybridized carbons (Fsp3) is 0.312. The van der Waals surface area contributed by atoms with E-state index < -0.39 is 36.6 Å². The maximum Gasteiger partial charge on any atom is 0.351 e. The minimum Gasteiger partial charge on any atom is -0.394 e. The first-order valence-electron chi connectivity index (χ1n) is 7.85. The summed E-state index contributed by atoms with van der Waals surface area (Å²) in [6.07, 6.45) is -2.84. The minimum absolute atomic E-state index is 0.0768. The fourth-order valence-electron chi connectivity index (χ4n) is 2.42. The van der Waals surface area contributed by atoms with Crippen LogP contribution in [0.2, 0.25) is 0 Å². The molecule has 2 aromatic rings. The molecule has 0 unspecified atom stereocenters. The second-order valence-electron chi connectivity index (χ2n) is 5.28. The van der Waals surface area contributed by atoms with E-state index >= 15 is 0 Å². The number of nitrogens with one attached hydrogen (secondary N) is 1. The SMILES string of the molecule is [2H][C@]1(O)C[C@H](n2ccc(NC(=O)c3ccccc3)nc2=O)O[C@@H]1CO. The Morgan fingerprint density at radius 3 is 2.79 bits per heavy atom. The Hall–Kier alpha value is -2.55. The molecule has 8 heteroatoms. The zero-order valence-electron chi connectivity index (χ0n) is 13.6. The van der Waals surface area contributed by atoms with Crippen molar-refractivity contribution in [2.75, 3.05) is 11.9 Å². The molecule has 1 amide bonds. The molecular formula is C16H17N3O5. The second kappa shape index (κ2) is 6.91. The topological polar surface area (TPSA) is 114 Å². The number of aliphatic hydroxyl groups excluding tert-OH is 1. The lowest BCUT2D eigenvalue weighted by Gasteiger charge is -2.14. The first-order valence-corrected chi connectivity index (χ1v) is 7.35. The van der Waals surface area contributed by atoms with Crippen LogP contribution in [0, 0.1) is 0 Å². The van der Waals surface area contributed by atoms with Crippen LogP contribution in [-0.2, 0) is 4.74 Å². The van der Waals surface area contributed by atoms with Gasteiger partial charge in [0.15, 0.2) is 0 Å². The number of benzene rings is 1. The van der Waals surface area contributed by atoms with Crippen LogP contribution in [-0.4, -0.2) is 44.5 Å². The lowest BCUT2D eigenvalue weighted by molar-refractivity contribution is -0.0458. The number of aromatic nitrogens is 2. The van der Waals surface area contributed by atoms with Gasteiger partial charge < -0.3 is 20.3 Å². The summed E-state index contributed by atoms with van der Waals surface area (Å²) in [6, 6.07) is 9.90. The summed E-state index contributed by atoms with van der Waals surface area (Å²) in [4.78, 5) is 28.0. The summed E-state index contributed by atoms with van der Waals surface area (Å²) >= 11 is 0. The quantitative estimate of drug-likeness (QED) is 0.734. The average molecular weight is 332 g/mol. The Kier molecular flexibility index (Phi) is 4.32. The van der Waals surface area contributed by atoms with Crippen LogP contribution in [0.4, 0.5) is 5.82 Å². The van der Waals surface area contributed by atoms with Gasteiger partial charge in [-0.25, -0.2) is 4.79 Å². The average Bonchev–Trinajstić information content (AvgIpc) is 2.90. The van der Waals surface area contributed by atoms with E-state index in [1.54, 1.807) is 30.3 Å². The zero-order chi connectivity index (χ0) is 18.0. The Bertz CT molecular complexity index is 824. The van der Waals surface area contributed by atoms with Crippen LogP contribution in [0.15, 0.2) is 47.4 Å². The largest absolute Gasteiger partial charge is 0.394 e. The Morgan fingerprint density at radius 2 is 2.17 bits per heavy atom. The molecular weight excluding hydrogens is 314 g/mol. The Labute approximate surface area is 138 Å². The van der Waals surface area contributed by atoms with Crippen LogP contribution in [0.1, 0.15) is 24.4 Å². The molecule has 1 saturated heterocycles. The van der Waals surface area contributed by atoms with E-state index in [1.807, 2.05) is 0 Å². The number of ether oxygens (including phenoxy) is 1. The lowest BCUT2D eigenvalue weighted by atomic mass is 10.2. The number of amides is 1. The highest BCUT2D eigenvalue weighted by atomic mass is 16.5. The third kappa shape index (κ3) is 3.35. The predicted octanol–water partition coefficient (Wildman–Crippen LogP) is 0.136. The Balaban J connectivity index is 1.76. The van der Waals surface area contributed by atoms with Gasteiger partial charge in [-0.15, -0.1) is 0 Å². The lowest BCUT2D eigenvalue weighted by Crippen LogP contribution is -2.28. The molecule has 3 atom stereocenters. The summed E-state index contributed by atoms with van der Waals surface area (Å²) < 4.78 is 14.1. The molecule has 1 aromatic heterocycles. The molecule has 24 heavy (non-hydrogen) atoms. The summed E-state index contributed by atoms with van der Waals surface area (Å²) in [5.74, 6) is -0.323. The molecule has 1 aromatic carbocycles. The van der Waals surface area contributed by atoms with E-state index in [1.165, 1.54) is 12.3 Å². The summed E-state index contributed by atoms with van der Waals surface area (Å²) in [6.45, 7) is -0.538. The third-order valence-corrected chi connectivity index (χ3v) is 3.66. The minimum atomic E-state index is -1.99. The number of anilines is 1. The van der Waals surface area contributed by atoms with Crippen molar-refractivity contribution in [2.24, 2.45) is 0 Å². The van der Waals surface area contributed by atoms with Gasteiger partial charge in [0.25, 0.3) is 5.91 Å². The highest BCUT2D eigenvalue weighted by Crippen LogP contribution is 2.27. The first kappa shape index (κ1) is 15.0. The molecule has 3 N–H and O–H groups in total. The first-order chi connectivity index (χ1) is 11.9. The molecule has 0 bridgehead atoms. The number of carbonyl (C=O) groups is 1. The number of rotatable bonds is 4. The summed E-state index contributed by atoms with van der Waals surface area (Å²) in [5, 5.41) is 21.5. The number of aliphatic hydroxyl groups is 2. The molecule has 2 heterocycles. The van der Waals surface area contributed by atoms with E-state index in [0.717, 1.165) is 4.57 Å². The zero-order valence-corrected chi connectivity index (χ0v) is 12.6. The number of hydrogen-bond acceptors (Lipinski definition) is 6. The van der Waals surface area contributed by atoms with Crippen molar-refractivity contribution in [3.05, 3.63) is 58.6 Å². The maximum absolute atomic E-state index is 12.2. The van der Waals surface area contributed by atoms with Gasteiger partial charge >= 0.3 is 5.69 Å². The molecule has 1 aliphatic heterocycles. The van der Waals surface area contributed by atoms with Gasteiger partial charge in [-0.2, -0.15) is 4.98 Å². The van der Waals surface area contributed by atoms with Crippen LogP contribution in [0.3, 0.4) is 0 Å². The molecule has 0 spiro atoms. The van der Waals surface area contributed by atoms with Crippen molar-refractivity contribution in [2.45, 2.75) is 24.8 Å². The molecule has 0 aliphatic carbocycles. The van der Waals surface area contributed by atoms with Gasteiger partial charge in [0.2, 0.25) is 0 Å². The number of carbonyl (C=O) groups excluding carboxylic acids is 1. The van der Waals surface area contributed by atoms with Gasteiger partial charge in [0.05, 0.1) is 14.1 Å². The van der Waals surface area contributed by atoms with Gasteiger partial charge in [0.1, 0.15) is 18.1 Å². The molecule has 126 valence electrons. The van der Waals surface area contributed by atoms with Crippen LogP contribution in [0.5, 0.6) is 0 Å². The van der Waals surface area contributed by atoms with E-state index in [2.05, 4.69) is 10.3 Å². The van der Waals surface area contributed by atoms with Gasteiger partial charge in [-0.1, -0.05) is 18.2 Å². The molecule has 8 nitrogen and oxygen atoms in total. The fourth-order valence-corrected chi connectivity index (χ4v) is 2.42. The van der Waals surface area contributed by atoms with Gasteiger partial charge in [0, 0.05) is 18.2 Å². The number of nitrogens with zero attached hydrogens (tertiary/aromatic N) is 2. The van der Waals surface area contributed by atoms with E-state index in [0.29, 0.717) is 5.56 Å². The highest BCUT2D eigenvalue weighted by Gasteiger charge is 2.34. The van der Waals surface area contributed by atoms with Crippen molar-refractivity contribution in [3.8, 4) is 0 Å². The second-order valence-corrected chi connectivity index (χ2v) is 5.28. The van der Waals surface area contributed by atoms with E-state index in [9.17, 15) is 14.7 Å². The van der Waals surface area contributed by atoms with Gasteiger partial charge in [-0.3, -0.25) is 9.36 Å². The van der Waals surface area contributed by atoms with Crippen LogP contribution < -0.4 is 11.0 Å². The van der Waals surface area contributed by atoms with E-state index in [-0.39, 0.29) is 12.2 Å². The van der Waals surface area contributed by atoms with Crippen molar-refractivity contribution in [3.63, 3.8) is 0 Å². The Morgan fingerprint density at radius 1 is 1.42 bits per heavy atom. The summed E-state index contributed by atoms with van der Waals surface area (Å²) in [5.41, 5.74) is -0.275. The third-order valence-electron chi connectivity index (χ3n) is 3.66. The van der Waals surface area contributed by atoms with Gasteiger partial charge in [-0.05, 0) is 18.2 Å². The normalized spacial score (nSPS) is 26.8. The van der Waals surface area contributed by atoms with Crippen LogP contribution >= 0.6 is 0 Å². The standard InChI is InChI=1S/C16H17N3O5/c20-9-12-11(21)8-14(24-12)19-7-6-13(18-16(19)23)17-15(22)10-4-2-1-3-5-10/h1-7,11-12,14,20-21H,8-9H2,(H,17,18,22,23)/t11-,12+,14+/m0/s1/i11D. The van der Waals surface area contributed by atoms with Crippen molar-refractivity contribution in [1.29, 1.82) is 0 Å². The summed E-state index contributed by atoms with van der Waals surface area (Å²) in [7, 11) is 0. The predicted molar refractivity (Wildman–Crippen MR) is 84.5 cm³/mol. The molecule has 1 fully saturated rings. The van der Waals surface area contributed by atoms with Crippen molar-refractivity contribution < 1.29 is 21.1 Å². The molecule has 3 rings (SSSR count). The van der Waals surface area contributed by atoms with E-state index in [4.69, 9.17) is 11.2 Å².